The molecule has 3 nitrogen and oxygen atoms in total. The minimum absolute atomic E-state index is 0.829. The maximum absolute atomic E-state index is 5.26. The second-order valence-corrected chi connectivity index (χ2v) is 5.66. The lowest BCUT2D eigenvalue weighted by Gasteiger charge is -2.08. The quantitative estimate of drug-likeness (QED) is 0.527. The smallest absolute Gasteiger partial charge is 0.118 e. The average Bonchev–Trinajstić information content (AvgIpc) is 3.15. The van der Waals surface area contributed by atoms with Crippen molar-refractivity contribution >= 4 is 0 Å². The predicted molar refractivity (Wildman–Crippen MR) is 99.8 cm³/mol. The molecule has 0 aliphatic heterocycles. The summed E-state index contributed by atoms with van der Waals surface area (Å²) in [6.45, 7) is 0. The van der Waals surface area contributed by atoms with E-state index in [2.05, 4.69) is 6.07 Å². The first-order chi connectivity index (χ1) is 12.3. The first-order valence-corrected chi connectivity index (χ1v) is 8.13. The van der Waals surface area contributed by atoms with E-state index in [1.807, 2.05) is 89.6 Å². The number of hydrogen-bond acceptors (Lipinski definition) is 2. The van der Waals surface area contributed by atoms with Crippen LogP contribution in [0, 0.1) is 6.07 Å². The van der Waals surface area contributed by atoms with Crippen molar-refractivity contribution in [2.45, 2.75) is 0 Å². The first-order valence-electron chi connectivity index (χ1n) is 8.13. The van der Waals surface area contributed by atoms with Gasteiger partial charge < -0.3 is 4.74 Å². The summed E-state index contributed by atoms with van der Waals surface area (Å²) in [6, 6.07) is 31.7. The van der Waals surface area contributed by atoms with E-state index in [1.165, 1.54) is 0 Å². The monoisotopic (exact) mass is 325 g/mol. The molecule has 1 aromatic heterocycles. The van der Waals surface area contributed by atoms with Crippen LogP contribution in [0.4, 0.5) is 0 Å². The van der Waals surface area contributed by atoms with E-state index in [9.17, 15) is 0 Å². The Labute approximate surface area is 147 Å². The van der Waals surface area contributed by atoms with Crippen molar-refractivity contribution in [2.24, 2.45) is 0 Å². The molecule has 0 spiro atoms. The maximum atomic E-state index is 5.26. The number of benzene rings is 3. The third-order valence-electron chi connectivity index (χ3n) is 4.06. The van der Waals surface area contributed by atoms with Gasteiger partial charge in [0.2, 0.25) is 0 Å². The van der Waals surface area contributed by atoms with Gasteiger partial charge in [0.15, 0.2) is 0 Å². The SMILES string of the molecule is COc1ccc(-c2[c]c(-c3ccccc3)nn2-c2ccccc2)cc1. The van der Waals surface area contributed by atoms with Crippen molar-refractivity contribution in [3.63, 3.8) is 0 Å². The molecule has 3 heteroatoms. The third kappa shape index (κ3) is 3.04. The summed E-state index contributed by atoms with van der Waals surface area (Å²) in [7, 11) is 1.67. The molecule has 0 bridgehead atoms. The molecule has 0 saturated heterocycles. The summed E-state index contributed by atoms with van der Waals surface area (Å²) in [5, 5.41) is 4.80. The summed E-state index contributed by atoms with van der Waals surface area (Å²) >= 11 is 0. The van der Waals surface area contributed by atoms with Gasteiger partial charge in [-0.05, 0) is 36.4 Å². The Balaban J connectivity index is 1.87. The van der Waals surface area contributed by atoms with E-state index in [0.29, 0.717) is 0 Å². The molecule has 0 aliphatic rings. The Morgan fingerprint density at radius 1 is 0.760 bits per heavy atom. The summed E-state index contributed by atoms with van der Waals surface area (Å²) in [5.74, 6) is 0.831. The molecule has 0 saturated carbocycles. The average molecular weight is 325 g/mol. The lowest BCUT2D eigenvalue weighted by atomic mass is 10.1. The Morgan fingerprint density at radius 2 is 1.40 bits per heavy atom. The Kier molecular flexibility index (Phi) is 4.05. The van der Waals surface area contributed by atoms with Crippen LogP contribution in [0.2, 0.25) is 0 Å². The van der Waals surface area contributed by atoms with Gasteiger partial charge in [0.1, 0.15) is 11.4 Å². The molecule has 1 heterocycles. The standard InChI is InChI=1S/C22H17N2O/c1-25-20-14-12-18(13-15-20)22-16-21(17-8-4-2-5-9-17)23-24(22)19-10-6-3-7-11-19/h2-15H,1H3. The fraction of sp³-hybridized carbons (Fsp3) is 0.0455. The fourth-order valence-electron chi connectivity index (χ4n) is 2.77. The number of nitrogens with zero attached hydrogens (tertiary/aromatic N) is 2. The second-order valence-electron chi connectivity index (χ2n) is 5.66. The normalized spacial score (nSPS) is 10.6. The van der Waals surface area contributed by atoms with Crippen LogP contribution in [0.3, 0.4) is 0 Å². The van der Waals surface area contributed by atoms with Crippen LogP contribution in [-0.2, 0) is 0 Å². The van der Waals surface area contributed by atoms with Gasteiger partial charge in [0, 0.05) is 17.2 Å². The molecule has 4 rings (SSSR count). The number of aromatic nitrogens is 2. The van der Waals surface area contributed by atoms with Gasteiger partial charge in [-0.15, -0.1) is 0 Å². The summed E-state index contributed by atoms with van der Waals surface area (Å²) < 4.78 is 7.20. The zero-order chi connectivity index (χ0) is 17.1. The summed E-state index contributed by atoms with van der Waals surface area (Å²) in [5.41, 5.74) is 4.85. The van der Waals surface area contributed by atoms with Gasteiger partial charge >= 0.3 is 0 Å². The van der Waals surface area contributed by atoms with Crippen LogP contribution in [0.25, 0.3) is 28.2 Å². The number of para-hydroxylation sites is 1. The van der Waals surface area contributed by atoms with Crippen molar-refractivity contribution in [3.8, 4) is 34.0 Å². The van der Waals surface area contributed by atoms with E-state index in [1.54, 1.807) is 7.11 Å². The largest absolute Gasteiger partial charge is 0.497 e. The van der Waals surface area contributed by atoms with Crippen LogP contribution in [-0.4, -0.2) is 16.9 Å². The van der Waals surface area contributed by atoms with Gasteiger partial charge in [0.25, 0.3) is 0 Å². The molecular formula is C22H17N2O. The number of hydrogen-bond donors (Lipinski definition) is 0. The Morgan fingerprint density at radius 3 is 2.04 bits per heavy atom. The fourth-order valence-corrected chi connectivity index (χ4v) is 2.77. The van der Waals surface area contributed by atoms with Gasteiger partial charge in [-0.1, -0.05) is 48.5 Å². The molecule has 0 unspecified atom stereocenters. The molecule has 0 amide bonds. The van der Waals surface area contributed by atoms with Crippen molar-refractivity contribution < 1.29 is 4.74 Å². The van der Waals surface area contributed by atoms with E-state index < -0.39 is 0 Å². The molecule has 25 heavy (non-hydrogen) atoms. The van der Waals surface area contributed by atoms with E-state index in [0.717, 1.165) is 34.0 Å². The van der Waals surface area contributed by atoms with Crippen molar-refractivity contribution in [2.75, 3.05) is 7.11 Å². The van der Waals surface area contributed by atoms with Crippen LogP contribution in [0.5, 0.6) is 5.75 Å². The number of ether oxygens (including phenoxy) is 1. The maximum Gasteiger partial charge on any atom is 0.118 e. The molecule has 4 aromatic rings. The topological polar surface area (TPSA) is 27.1 Å². The molecular weight excluding hydrogens is 308 g/mol. The molecule has 0 aliphatic carbocycles. The highest BCUT2D eigenvalue weighted by molar-refractivity contribution is 5.70. The first kappa shape index (κ1) is 15.2. The minimum atomic E-state index is 0.829. The van der Waals surface area contributed by atoms with Crippen molar-refractivity contribution in [3.05, 3.63) is 91.0 Å². The highest BCUT2D eigenvalue weighted by atomic mass is 16.5. The lowest BCUT2D eigenvalue weighted by molar-refractivity contribution is 0.415. The zero-order valence-corrected chi connectivity index (χ0v) is 13.9. The van der Waals surface area contributed by atoms with Gasteiger partial charge in [-0.25, -0.2) is 4.68 Å². The summed E-state index contributed by atoms with van der Waals surface area (Å²) in [6.07, 6.45) is 0. The van der Waals surface area contributed by atoms with Crippen molar-refractivity contribution in [1.82, 2.24) is 9.78 Å². The Bertz CT molecular complexity index is 958. The predicted octanol–water partition coefficient (Wildman–Crippen LogP) is 5.02. The molecule has 0 atom stereocenters. The van der Waals surface area contributed by atoms with Crippen LogP contribution < -0.4 is 4.74 Å². The third-order valence-corrected chi connectivity index (χ3v) is 4.06. The van der Waals surface area contributed by atoms with Crippen LogP contribution in [0.1, 0.15) is 0 Å². The minimum Gasteiger partial charge on any atom is -0.497 e. The highest BCUT2D eigenvalue weighted by Crippen LogP contribution is 2.29. The molecule has 0 fully saturated rings. The van der Waals surface area contributed by atoms with Crippen LogP contribution in [0.15, 0.2) is 84.9 Å². The number of rotatable bonds is 4. The van der Waals surface area contributed by atoms with Crippen molar-refractivity contribution in [1.29, 1.82) is 0 Å². The van der Waals surface area contributed by atoms with E-state index >= 15 is 0 Å². The highest BCUT2D eigenvalue weighted by Gasteiger charge is 2.13. The van der Waals surface area contributed by atoms with E-state index in [-0.39, 0.29) is 0 Å². The number of methoxy groups -OCH3 is 1. The molecule has 1 radical (unpaired) electrons. The molecule has 3 aromatic carbocycles. The molecule has 121 valence electrons. The zero-order valence-electron chi connectivity index (χ0n) is 13.9. The molecule has 0 N–H and O–H groups in total. The van der Waals surface area contributed by atoms with Gasteiger partial charge in [-0.3, -0.25) is 0 Å². The summed E-state index contributed by atoms with van der Waals surface area (Å²) in [4.78, 5) is 0. The Hall–Kier alpha value is -3.33. The van der Waals surface area contributed by atoms with E-state index in [4.69, 9.17) is 9.84 Å². The van der Waals surface area contributed by atoms with Gasteiger partial charge in [0.05, 0.1) is 18.5 Å². The lowest BCUT2D eigenvalue weighted by Crippen LogP contribution is -1.99. The van der Waals surface area contributed by atoms with Crippen LogP contribution >= 0.6 is 0 Å². The second kappa shape index (κ2) is 6.65. The van der Waals surface area contributed by atoms with Gasteiger partial charge in [-0.2, -0.15) is 5.10 Å².